The molecule has 1 aromatic carbocycles. The summed E-state index contributed by atoms with van der Waals surface area (Å²) in [6, 6.07) is 16.1. The van der Waals surface area contributed by atoms with Crippen LogP contribution in [-0.2, 0) is 4.79 Å². The number of hydrogen-bond acceptors (Lipinski definition) is 5. The average Bonchev–Trinajstić information content (AvgIpc) is 3.44. The first-order chi connectivity index (χ1) is 14.5. The number of carbonyl (C=O) groups is 1. The van der Waals surface area contributed by atoms with Crippen LogP contribution >= 0.6 is 11.6 Å². The summed E-state index contributed by atoms with van der Waals surface area (Å²) in [4.78, 5) is 17.7. The fourth-order valence-corrected chi connectivity index (χ4v) is 3.72. The highest BCUT2D eigenvalue weighted by Gasteiger charge is 2.37. The van der Waals surface area contributed by atoms with Crippen molar-refractivity contribution in [3.8, 4) is 0 Å². The van der Waals surface area contributed by atoms with Crippen LogP contribution in [0.1, 0.15) is 49.4 Å². The standard InChI is InChI=1S/C23H23ClN4O2/c1-15(19-6-3-4-12-25-19)26-16(2)23(29)28-21(22-7-5-13-30-22)14-20(27-28)17-8-10-18(24)11-9-17/h3-13,15-16,21,26H,14H2,1-2H3. The van der Waals surface area contributed by atoms with Gasteiger partial charge in [-0.3, -0.25) is 15.1 Å². The van der Waals surface area contributed by atoms with E-state index in [-0.39, 0.29) is 18.0 Å². The Labute approximate surface area is 180 Å². The number of halogens is 1. The van der Waals surface area contributed by atoms with Crippen LogP contribution in [0.5, 0.6) is 0 Å². The van der Waals surface area contributed by atoms with Gasteiger partial charge in [-0.15, -0.1) is 0 Å². The summed E-state index contributed by atoms with van der Waals surface area (Å²) in [7, 11) is 0. The molecule has 0 bridgehead atoms. The summed E-state index contributed by atoms with van der Waals surface area (Å²) in [5, 5.41) is 10.2. The monoisotopic (exact) mass is 422 g/mol. The highest BCUT2D eigenvalue weighted by atomic mass is 35.5. The number of amides is 1. The van der Waals surface area contributed by atoms with Crippen LogP contribution in [0.2, 0.25) is 5.02 Å². The van der Waals surface area contributed by atoms with Gasteiger partial charge in [0.2, 0.25) is 0 Å². The van der Waals surface area contributed by atoms with E-state index in [1.54, 1.807) is 12.5 Å². The molecule has 0 aliphatic carbocycles. The fraction of sp³-hybridized carbons (Fsp3) is 0.261. The number of pyridine rings is 1. The first-order valence-corrected chi connectivity index (χ1v) is 10.3. The molecule has 3 unspecified atom stereocenters. The summed E-state index contributed by atoms with van der Waals surface area (Å²) in [5.74, 6) is 0.587. The molecule has 1 amide bonds. The minimum Gasteiger partial charge on any atom is -0.467 e. The third-order valence-electron chi connectivity index (χ3n) is 5.19. The van der Waals surface area contributed by atoms with Crippen molar-refractivity contribution < 1.29 is 9.21 Å². The normalized spacial score (nSPS) is 18.2. The van der Waals surface area contributed by atoms with Crippen molar-refractivity contribution in [2.75, 3.05) is 0 Å². The Balaban J connectivity index is 1.56. The van der Waals surface area contributed by atoms with Gasteiger partial charge in [0.25, 0.3) is 5.91 Å². The van der Waals surface area contributed by atoms with Crippen LogP contribution in [0.4, 0.5) is 0 Å². The quantitative estimate of drug-likeness (QED) is 0.622. The molecule has 0 saturated heterocycles. The predicted molar refractivity (Wildman–Crippen MR) is 116 cm³/mol. The lowest BCUT2D eigenvalue weighted by molar-refractivity contribution is -0.135. The third-order valence-corrected chi connectivity index (χ3v) is 5.44. The van der Waals surface area contributed by atoms with E-state index in [1.165, 1.54) is 5.01 Å². The van der Waals surface area contributed by atoms with Crippen molar-refractivity contribution in [2.24, 2.45) is 5.10 Å². The first-order valence-electron chi connectivity index (χ1n) is 9.90. The summed E-state index contributed by atoms with van der Waals surface area (Å²) < 4.78 is 5.61. The second kappa shape index (κ2) is 8.81. The maximum Gasteiger partial charge on any atom is 0.260 e. The molecule has 0 spiro atoms. The highest BCUT2D eigenvalue weighted by Crippen LogP contribution is 2.33. The predicted octanol–water partition coefficient (Wildman–Crippen LogP) is 4.75. The number of hydrogen-bond donors (Lipinski definition) is 1. The molecule has 154 valence electrons. The lowest BCUT2D eigenvalue weighted by Gasteiger charge is -2.25. The fourth-order valence-electron chi connectivity index (χ4n) is 3.60. The number of aromatic nitrogens is 1. The van der Waals surface area contributed by atoms with Crippen molar-refractivity contribution in [1.82, 2.24) is 15.3 Å². The summed E-state index contributed by atoms with van der Waals surface area (Å²) in [6.45, 7) is 3.83. The van der Waals surface area contributed by atoms with Gasteiger partial charge in [0, 0.05) is 23.7 Å². The van der Waals surface area contributed by atoms with Gasteiger partial charge in [0.15, 0.2) is 0 Å². The first kappa shape index (κ1) is 20.3. The van der Waals surface area contributed by atoms with Crippen LogP contribution in [0.15, 0.2) is 76.6 Å². The van der Waals surface area contributed by atoms with Crippen LogP contribution in [0.25, 0.3) is 0 Å². The smallest absolute Gasteiger partial charge is 0.260 e. The zero-order valence-corrected chi connectivity index (χ0v) is 17.6. The molecule has 0 saturated carbocycles. The van der Waals surface area contributed by atoms with Gasteiger partial charge < -0.3 is 4.42 Å². The average molecular weight is 423 g/mol. The Morgan fingerprint density at radius 1 is 1.17 bits per heavy atom. The van der Waals surface area contributed by atoms with Crippen LogP contribution in [0.3, 0.4) is 0 Å². The Kier molecular flexibility index (Phi) is 5.97. The minimum absolute atomic E-state index is 0.0745. The van der Waals surface area contributed by atoms with E-state index in [4.69, 9.17) is 16.0 Å². The molecule has 2 aromatic heterocycles. The number of nitrogens with one attached hydrogen (secondary N) is 1. The van der Waals surface area contributed by atoms with Crippen molar-refractivity contribution in [2.45, 2.75) is 38.4 Å². The zero-order chi connectivity index (χ0) is 21.1. The molecular weight excluding hydrogens is 400 g/mol. The summed E-state index contributed by atoms with van der Waals surface area (Å²) in [5.41, 5.74) is 2.65. The number of nitrogens with zero attached hydrogens (tertiary/aromatic N) is 3. The lowest BCUT2D eigenvalue weighted by Crippen LogP contribution is -2.43. The summed E-state index contributed by atoms with van der Waals surface area (Å²) in [6.07, 6.45) is 3.93. The molecule has 3 aromatic rings. The second-order valence-electron chi connectivity index (χ2n) is 7.34. The number of carbonyl (C=O) groups excluding carboxylic acids is 1. The van der Waals surface area contributed by atoms with Gasteiger partial charge in [-0.1, -0.05) is 29.8 Å². The molecule has 1 aliphatic rings. The Bertz CT molecular complexity index is 1020. The van der Waals surface area contributed by atoms with E-state index in [9.17, 15) is 4.79 Å². The number of benzene rings is 1. The van der Waals surface area contributed by atoms with Crippen LogP contribution in [-0.4, -0.2) is 27.7 Å². The van der Waals surface area contributed by atoms with Crippen LogP contribution < -0.4 is 5.32 Å². The second-order valence-corrected chi connectivity index (χ2v) is 7.77. The van der Waals surface area contributed by atoms with Gasteiger partial charge in [-0.2, -0.15) is 5.10 Å². The van der Waals surface area contributed by atoms with E-state index in [1.807, 2.05) is 68.4 Å². The van der Waals surface area contributed by atoms with Gasteiger partial charge in [0.1, 0.15) is 11.8 Å². The Morgan fingerprint density at radius 3 is 2.63 bits per heavy atom. The maximum atomic E-state index is 13.3. The molecule has 30 heavy (non-hydrogen) atoms. The number of hydrazone groups is 1. The molecule has 0 radical (unpaired) electrons. The van der Waals surface area contributed by atoms with Gasteiger partial charge in [0.05, 0.1) is 23.7 Å². The summed E-state index contributed by atoms with van der Waals surface area (Å²) >= 11 is 6.02. The van der Waals surface area contributed by atoms with Crippen molar-refractivity contribution >= 4 is 23.2 Å². The number of furan rings is 1. The molecular formula is C23H23ClN4O2. The van der Waals surface area contributed by atoms with E-state index >= 15 is 0 Å². The number of rotatable bonds is 6. The highest BCUT2D eigenvalue weighted by molar-refractivity contribution is 6.30. The van der Waals surface area contributed by atoms with E-state index < -0.39 is 6.04 Å². The minimum atomic E-state index is -0.451. The van der Waals surface area contributed by atoms with Gasteiger partial charge in [-0.25, -0.2) is 5.01 Å². The molecule has 4 rings (SSSR count). The van der Waals surface area contributed by atoms with Crippen molar-refractivity contribution in [3.05, 3.63) is 89.1 Å². The van der Waals surface area contributed by atoms with Crippen molar-refractivity contribution in [1.29, 1.82) is 0 Å². The van der Waals surface area contributed by atoms with Gasteiger partial charge >= 0.3 is 0 Å². The SMILES string of the molecule is CC(NC(C)c1ccccn1)C(=O)N1N=C(c2ccc(Cl)cc2)CC1c1ccco1. The largest absolute Gasteiger partial charge is 0.467 e. The Hall–Kier alpha value is -2.96. The molecule has 3 heterocycles. The topological polar surface area (TPSA) is 70.7 Å². The molecule has 1 aliphatic heterocycles. The molecule has 3 atom stereocenters. The maximum absolute atomic E-state index is 13.3. The zero-order valence-electron chi connectivity index (χ0n) is 16.8. The van der Waals surface area contributed by atoms with Gasteiger partial charge in [-0.05, 0) is 55.8 Å². The lowest BCUT2D eigenvalue weighted by atomic mass is 10.0. The Morgan fingerprint density at radius 2 is 1.97 bits per heavy atom. The van der Waals surface area contributed by atoms with E-state index in [0.717, 1.165) is 17.0 Å². The molecule has 7 heteroatoms. The van der Waals surface area contributed by atoms with Crippen LogP contribution in [0, 0.1) is 0 Å². The molecule has 6 nitrogen and oxygen atoms in total. The van der Waals surface area contributed by atoms with Crippen molar-refractivity contribution in [3.63, 3.8) is 0 Å². The van der Waals surface area contributed by atoms with E-state index in [2.05, 4.69) is 15.4 Å². The molecule has 0 fully saturated rings. The third kappa shape index (κ3) is 4.30. The molecule has 1 N–H and O–H groups in total. The van der Waals surface area contributed by atoms with E-state index in [0.29, 0.717) is 17.2 Å².